The third kappa shape index (κ3) is 3.01. The quantitative estimate of drug-likeness (QED) is 0.739. The first-order chi connectivity index (χ1) is 12.6. The van der Waals surface area contributed by atoms with Gasteiger partial charge in [0.15, 0.2) is 5.65 Å². The minimum Gasteiger partial charge on any atom is -0.493 e. The zero-order chi connectivity index (χ0) is 17.7. The monoisotopic (exact) mass is 353 g/mol. The van der Waals surface area contributed by atoms with Gasteiger partial charge in [-0.15, -0.1) is 10.2 Å². The molecule has 2 aromatic heterocycles. The maximum Gasteiger partial charge on any atom is 0.164 e. The van der Waals surface area contributed by atoms with Crippen LogP contribution in [0.4, 0.5) is 0 Å². The van der Waals surface area contributed by atoms with Gasteiger partial charge in [0.25, 0.3) is 0 Å². The third-order valence-electron chi connectivity index (χ3n) is 7.31. The number of rotatable bonds is 5. The van der Waals surface area contributed by atoms with Crippen LogP contribution in [0.2, 0.25) is 0 Å². The van der Waals surface area contributed by atoms with Gasteiger partial charge in [0.1, 0.15) is 12.1 Å². The molecule has 0 N–H and O–H groups in total. The molecule has 5 rings (SSSR count). The van der Waals surface area contributed by atoms with Crippen LogP contribution in [0.3, 0.4) is 0 Å². The molecule has 2 bridgehead atoms. The third-order valence-corrected chi connectivity index (χ3v) is 7.31. The molecule has 0 aromatic carbocycles. The second-order valence-electron chi connectivity index (χ2n) is 9.56. The summed E-state index contributed by atoms with van der Waals surface area (Å²) in [5.41, 5.74) is 2.62. The Morgan fingerprint density at radius 3 is 2.65 bits per heavy atom. The molecular weight excluding hydrogens is 322 g/mol. The number of fused-ring (bicyclic) bond motifs is 3. The molecule has 3 aliphatic rings. The SMILES string of the molecule is CCC1(COc2cc3nncn3cc2C2CC2)CC2CC(C)CC(C2)C1. The standard InChI is InChI=1S/C22H31N3O/c1-3-22(10-16-6-15(2)7-17(8-16)11-22)13-26-20-9-21-24-23-14-25(21)12-19(20)18-4-5-18/h9,12,14-18H,3-8,10-11,13H2,1-2H3. The molecule has 0 aliphatic heterocycles. The summed E-state index contributed by atoms with van der Waals surface area (Å²) in [5, 5.41) is 8.27. The Bertz CT molecular complexity index is 776. The van der Waals surface area contributed by atoms with Crippen molar-refractivity contribution in [2.24, 2.45) is 23.2 Å². The van der Waals surface area contributed by atoms with Crippen LogP contribution in [-0.4, -0.2) is 21.2 Å². The molecule has 2 heterocycles. The van der Waals surface area contributed by atoms with Crippen molar-refractivity contribution in [1.29, 1.82) is 0 Å². The number of hydrogen-bond acceptors (Lipinski definition) is 3. The fourth-order valence-electron chi connectivity index (χ4n) is 5.97. The molecule has 0 spiro atoms. The Kier molecular flexibility index (Phi) is 3.98. The highest BCUT2D eigenvalue weighted by molar-refractivity contribution is 5.49. The van der Waals surface area contributed by atoms with Crippen molar-refractivity contribution >= 4 is 5.65 Å². The smallest absolute Gasteiger partial charge is 0.164 e. The highest BCUT2D eigenvalue weighted by Crippen LogP contribution is 2.52. The summed E-state index contributed by atoms with van der Waals surface area (Å²) in [4.78, 5) is 0. The van der Waals surface area contributed by atoms with Crippen molar-refractivity contribution in [3.8, 4) is 5.75 Å². The molecule has 26 heavy (non-hydrogen) atoms. The first kappa shape index (κ1) is 16.6. The molecule has 3 saturated carbocycles. The molecule has 0 saturated heterocycles. The fraction of sp³-hybridized carbons (Fsp3) is 0.727. The number of pyridine rings is 1. The minimum atomic E-state index is 0.369. The zero-order valence-corrected chi connectivity index (χ0v) is 16.2. The van der Waals surface area contributed by atoms with Crippen LogP contribution >= 0.6 is 0 Å². The molecule has 0 radical (unpaired) electrons. The average Bonchev–Trinajstić information content (AvgIpc) is 3.36. The van der Waals surface area contributed by atoms with E-state index >= 15 is 0 Å². The summed E-state index contributed by atoms with van der Waals surface area (Å²) in [6.45, 7) is 5.69. The minimum absolute atomic E-state index is 0.369. The molecule has 2 atom stereocenters. The largest absolute Gasteiger partial charge is 0.493 e. The van der Waals surface area contributed by atoms with Gasteiger partial charge in [0.2, 0.25) is 0 Å². The lowest BCUT2D eigenvalue weighted by Gasteiger charge is -2.48. The predicted octanol–water partition coefficient (Wildman–Crippen LogP) is 5.23. The van der Waals surface area contributed by atoms with Gasteiger partial charge in [-0.3, -0.25) is 4.40 Å². The van der Waals surface area contributed by atoms with Crippen LogP contribution in [0, 0.1) is 23.2 Å². The van der Waals surface area contributed by atoms with Crippen LogP contribution in [0.5, 0.6) is 5.75 Å². The second kappa shape index (κ2) is 6.24. The Morgan fingerprint density at radius 2 is 1.96 bits per heavy atom. The number of nitrogens with zero attached hydrogens (tertiary/aromatic N) is 3. The van der Waals surface area contributed by atoms with E-state index in [4.69, 9.17) is 4.74 Å². The Labute approximate surface area is 156 Å². The molecule has 4 heteroatoms. The van der Waals surface area contributed by atoms with Crippen molar-refractivity contribution in [2.75, 3.05) is 6.61 Å². The summed E-state index contributed by atoms with van der Waals surface area (Å²) in [5.74, 6) is 4.49. The normalized spacial score (nSPS) is 34.2. The maximum atomic E-state index is 6.56. The van der Waals surface area contributed by atoms with Crippen LogP contribution < -0.4 is 4.74 Å². The Balaban J connectivity index is 1.38. The lowest BCUT2D eigenvalue weighted by atomic mass is 9.58. The van der Waals surface area contributed by atoms with Crippen molar-refractivity contribution in [3.63, 3.8) is 0 Å². The number of aromatic nitrogens is 3. The molecule has 2 unspecified atom stereocenters. The van der Waals surface area contributed by atoms with Crippen molar-refractivity contribution < 1.29 is 4.74 Å². The lowest BCUT2D eigenvalue weighted by Crippen LogP contribution is -2.41. The number of hydrogen-bond donors (Lipinski definition) is 0. The maximum absolute atomic E-state index is 6.56. The predicted molar refractivity (Wildman–Crippen MR) is 102 cm³/mol. The van der Waals surface area contributed by atoms with Crippen LogP contribution in [0.1, 0.15) is 76.7 Å². The molecule has 3 aliphatic carbocycles. The van der Waals surface area contributed by atoms with E-state index in [9.17, 15) is 0 Å². The topological polar surface area (TPSA) is 39.4 Å². The summed E-state index contributed by atoms with van der Waals surface area (Å²) in [6, 6.07) is 2.11. The van der Waals surface area contributed by atoms with E-state index in [0.717, 1.165) is 35.8 Å². The van der Waals surface area contributed by atoms with Crippen LogP contribution in [0.15, 0.2) is 18.6 Å². The molecule has 0 amide bonds. The van der Waals surface area contributed by atoms with E-state index < -0.39 is 0 Å². The summed E-state index contributed by atoms with van der Waals surface area (Å²) in [6.07, 6.45) is 14.8. The van der Waals surface area contributed by atoms with Gasteiger partial charge in [0.05, 0.1) is 6.61 Å². The Morgan fingerprint density at radius 1 is 1.19 bits per heavy atom. The highest BCUT2D eigenvalue weighted by atomic mass is 16.5. The van der Waals surface area contributed by atoms with Gasteiger partial charge in [-0.1, -0.05) is 13.8 Å². The molecule has 140 valence electrons. The van der Waals surface area contributed by atoms with Gasteiger partial charge >= 0.3 is 0 Å². The van der Waals surface area contributed by atoms with Gasteiger partial charge < -0.3 is 4.74 Å². The second-order valence-corrected chi connectivity index (χ2v) is 9.56. The Hall–Kier alpha value is -1.58. The van der Waals surface area contributed by atoms with E-state index in [1.165, 1.54) is 56.9 Å². The first-order valence-electron chi connectivity index (χ1n) is 10.6. The van der Waals surface area contributed by atoms with E-state index in [-0.39, 0.29) is 0 Å². The van der Waals surface area contributed by atoms with E-state index in [1.54, 1.807) is 6.33 Å². The van der Waals surface area contributed by atoms with Gasteiger partial charge in [-0.05, 0) is 75.0 Å². The summed E-state index contributed by atoms with van der Waals surface area (Å²) >= 11 is 0. The van der Waals surface area contributed by atoms with Crippen LogP contribution in [0.25, 0.3) is 5.65 Å². The molecular formula is C22H31N3O. The van der Waals surface area contributed by atoms with E-state index in [1.807, 2.05) is 4.40 Å². The lowest BCUT2D eigenvalue weighted by molar-refractivity contribution is -0.000597. The summed E-state index contributed by atoms with van der Waals surface area (Å²) in [7, 11) is 0. The van der Waals surface area contributed by atoms with Gasteiger partial charge in [0, 0.05) is 23.2 Å². The van der Waals surface area contributed by atoms with Crippen molar-refractivity contribution in [2.45, 2.75) is 71.1 Å². The van der Waals surface area contributed by atoms with E-state index in [2.05, 4.69) is 36.3 Å². The van der Waals surface area contributed by atoms with Gasteiger partial charge in [-0.2, -0.15) is 0 Å². The van der Waals surface area contributed by atoms with Crippen molar-refractivity contribution in [1.82, 2.24) is 14.6 Å². The zero-order valence-electron chi connectivity index (χ0n) is 16.2. The molecule has 3 fully saturated rings. The summed E-state index contributed by atoms with van der Waals surface area (Å²) < 4.78 is 8.59. The van der Waals surface area contributed by atoms with Crippen molar-refractivity contribution in [3.05, 3.63) is 24.2 Å². The molecule has 2 aromatic rings. The first-order valence-corrected chi connectivity index (χ1v) is 10.6. The van der Waals surface area contributed by atoms with E-state index in [0.29, 0.717) is 11.3 Å². The molecule has 4 nitrogen and oxygen atoms in total. The average molecular weight is 354 g/mol. The highest BCUT2D eigenvalue weighted by Gasteiger charge is 2.43. The van der Waals surface area contributed by atoms with Crippen LogP contribution in [-0.2, 0) is 0 Å². The number of ether oxygens (including phenoxy) is 1. The van der Waals surface area contributed by atoms with Gasteiger partial charge in [-0.25, -0.2) is 0 Å². The fourth-order valence-corrected chi connectivity index (χ4v) is 5.97.